The van der Waals surface area contributed by atoms with E-state index in [9.17, 15) is 4.79 Å². The molecule has 9 heteroatoms. The van der Waals surface area contributed by atoms with Crippen LogP contribution in [0, 0.1) is 6.92 Å². The maximum absolute atomic E-state index is 12.5. The number of carbonyl (C=O) groups excluding carboxylic acids is 1. The van der Waals surface area contributed by atoms with E-state index in [1.54, 1.807) is 14.2 Å². The Labute approximate surface area is 192 Å². The third-order valence-electron chi connectivity index (χ3n) is 4.74. The number of aryl methyl sites for hydroxylation is 1. The van der Waals surface area contributed by atoms with Crippen molar-refractivity contribution in [2.75, 3.05) is 25.3 Å². The fraction of sp³-hybridized carbons (Fsp3) is 0.348. The minimum Gasteiger partial charge on any atom is -0.497 e. The molecular formula is C23H28N4O4S. The summed E-state index contributed by atoms with van der Waals surface area (Å²) in [7, 11) is 3.19. The van der Waals surface area contributed by atoms with Gasteiger partial charge in [0.1, 0.15) is 17.2 Å². The quantitative estimate of drug-likeness (QED) is 0.450. The molecule has 1 heterocycles. The predicted molar refractivity (Wildman–Crippen MR) is 125 cm³/mol. The minimum atomic E-state index is -0.325. The Morgan fingerprint density at radius 1 is 1.12 bits per heavy atom. The van der Waals surface area contributed by atoms with Gasteiger partial charge in [-0.25, -0.2) is 0 Å². The lowest BCUT2D eigenvalue weighted by Crippen LogP contribution is -2.16. The zero-order chi connectivity index (χ0) is 23.1. The van der Waals surface area contributed by atoms with Crippen LogP contribution in [0.5, 0.6) is 17.2 Å². The van der Waals surface area contributed by atoms with Crippen LogP contribution in [0.1, 0.15) is 31.3 Å². The number of thioether (sulfide) groups is 1. The number of nitrogens with zero attached hydrogens (tertiary/aromatic N) is 3. The number of ether oxygens (including phenoxy) is 3. The maximum Gasteiger partial charge on any atom is 0.234 e. The van der Waals surface area contributed by atoms with Gasteiger partial charge in [0.25, 0.3) is 0 Å². The fourth-order valence-electron chi connectivity index (χ4n) is 3.17. The summed E-state index contributed by atoms with van der Waals surface area (Å²) in [4.78, 5) is 12.5. The van der Waals surface area contributed by atoms with Crippen LogP contribution in [0.3, 0.4) is 0 Å². The molecular weight excluding hydrogens is 428 g/mol. The van der Waals surface area contributed by atoms with Gasteiger partial charge in [-0.05, 0) is 50.6 Å². The molecule has 8 nitrogen and oxygen atoms in total. The fourth-order valence-corrected chi connectivity index (χ4v) is 3.98. The van der Waals surface area contributed by atoms with Gasteiger partial charge in [-0.15, -0.1) is 10.2 Å². The summed E-state index contributed by atoms with van der Waals surface area (Å²) in [5.41, 5.74) is 1.69. The highest BCUT2D eigenvalue weighted by molar-refractivity contribution is 7.99. The van der Waals surface area contributed by atoms with Gasteiger partial charge in [0.2, 0.25) is 5.91 Å². The van der Waals surface area contributed by atoms with E-state index in [0.29, 0.717) is 34.7 Å². The Balaban J connectivity index is 1.65. The number of benzene rings is 2. The lowest BCUT2D eigenvalue weighted by Gasteiger charge is -2.16. The van der Waals surface area contributed by atoms with E-state index in [1.807, 2.05) is 67.8 Å². The Morgan fingerprint density at radius 2 is 1.91 bits per heavy atom. The molecule has 1 unspecified atom stereocenters. The molecule has 0 radical (unpaired) electrons. The zero-order valence-electron chi connectivity index (χ0n) is 18.9. The summed E-state index contributed by atoms with van der Waals surface area (Å²) in [5, 5.41) is 12.2. The Morgan fingerprint density at radius 3 is 2.62 bits per heavy atom. The number of carbonyl (C=O) groups is 1. The first-order chi connectivity index (χ1) is 15.4. The van der Waals surface area contributed by atoms with Crippen molar-refractivity contribution in [1.29, 1.82) is 0 Å². The lowest BCUT2D eigenvalue weighted by molar-refractivity contribution is -0.113. The predicted octanol–water partition coefficient (Wildman–Crippen LogP) is 4.49. The van der Waals surface area contributed by atoms with Gasteiger partial charge in [-0.3, -0.25) is 4.79 Å². The van der Waals surface area contributed by atoms with Gasteiger partial charge in [0.15, 0.2) is 17.1 Å². The minimum absolute atomic E-state index is 0.146. The third-order valence-corrected chi connectivity index (χ3v) is 5.71. The number of methoxy groups -OCH3 is 2. The number of aromatic nitrogens is 3. The monoisotopic (exact) mass is 456 g/mol. The Bertz CT molecular complexity index is 1070. The van der Waals surface area contributed by atoms with Crippen molar-refractivity contribution in [2.45, 2.75) is 38.6 Å². The molecule has 0 saturated carbocycles. The summed E-state index contributed by atoms with van der Waals surface area (Å²) in [5.74, 6) is 2.77. The van der Waals surface area contributed by atoms with E-state index in [1.165, 1.54) is 11.8 Å². The van der Waals surface area contributed by atoms with Crippen LogP contribution in [-0.4, -0.2) is 40.6 Å². The first-order valence-electron chi connectivity index (χ1n) is 10.3. The highest BCUT2D eigenvalue weighted by Gasteiger charge is 2.20. The molecule has 32 heavy (non-hydrogen) atoms. The first kappa shape index (κ1) is 23.5. The molecule has 0 aliphatic heterocycles. The van der Waals surface area contributed by atoms with E-state index in [4.69, 9.17) is 14.2 Å². The maximum atomic E-state index is 12.5. The van der Waals surface area contributed by atoms with Crippen LogP contribution in [0.25, 0.3) is 0 Å². The van der Waals surface area contributed by atoms with Crippen LogP contribution < -0.4 is 19.5 Å². The van der Waals surface area contributed by atoms with Crippen molar-refractivity contribution in [3.8, 4) is 17.2 Å². The number of rotatable bonds is 10. The number of anilines is 1. The molecule has 3 rings (SSSR count). The van der Waals surface area contributed by atoms with Gasteiger partial charge in [-0.2, -0.15) is 0 Å². The first-order valence-corrected chi connectivity index (χ1v) is 11.2. The molecule has 1 N–H and O–H groups in total. The van der Waals surface area contributed by atoms with E-state index in [0.717, 1.165) is 11.3 Å². The average molecular weight is 457 g/mol. The summed E-state index contributed by atoms with van der Waals surface area (Å²) >= 11 is 1.33. The van der Waals surface area contributed by atoms with Gasteiger partial charge in [0, 0.05) is 12.6 Å². The summed E-state index contributed by atoms with van der Waals surface area (Å²) in [6, 6.07) is 13.1. The Hall–Kier alpha value is -3.20. The highest BCUT2D eigenvalue weighted by atomic mass is 32.2. The van der Waals surface area contributed by atoms with Crippen molar-refractivity contribution < 1.29 is 19.0 Å². The molecule has 0 saturated heterocycles. The summed E-state index contributed by atoms with van der Waals surface area (Å²) < 4.78 is 18.6. The van der Waals surface area contributed by atoms with Crippen molar-refractivity contribution in [2.24, 2.45) is 0 Å². The molecule has 1 amide bonds. The highest BCUT2D eigenvalue weighted by Crippen LogP contribution is 2.28. The summed E-state index contributed by atoms with van der Waals surface area (Å²) in [6.07, 6.45) is -0.325. The van der Waals surface area contributed by atoms with Crippen LogP contribution in [-0.2, 0) is 11.3 Å². The van der Waals surface area contributed by atoms with Crippen molar-refractivity contribution >= 4 is 23.4 Å². The summed E-state index contributed by atoms with van der Waals surface area (Å²) in [6.45, 7) is 6.54. The van der Waals surface area contributed by atoms with Gasteiger partial charge < -0.3 is 24.1 Å². The molecule has 0 bridgehead atoms. The average Bonchev–Trinajstić information content (AvgIpc) is 3.21. The van der Waals surface area contributed by atoms with Gasteiger partial charge >= 0.3 is 0 Å². The lowest BCUT2D eigenvalue weighted by atomic mass is 10.2. The molecule has 0 fully saturated rings. The largest absolute Gasteiger partial charge is 0.497 e. The molecule has 0 spiro atoms. The molecule has 1 aromatic heterocycles. The second-order valence-electron chi connectivity index (χ2n) is 7.06. The van der Waals surface area contributed by atoms with Crippen molar-refractivity contribution in [3.63, 3.8) is 0 Å². The van der Waals surface area contributed by atoms with Crippen LogP contribution in [0.2, 0.25) is 0 Å². The van der Waals surface area contributed by atoms with Crippen LogP contribution in [0.4, 0.5) is 5.69 Å². The van der Waals surface area contributed by atoms with Crippen molar-refractivity contribution in [3.05, 3.63) is 53.9 Å². The van der Waals surface area contributed by atoms with Crippen molar-refractivity contribution in [1.82, 2.24) is 14.8 Å². The molecule has 170 valence electrons. The molecule has 1 atom stereocenters. The van der Waals surface area contributed by atoms with Gasteiger partial charge in [0.05, 0.1) is 25.7 Å². The SMILES string of the molecule is CCn1c(SCC(=O)Nc2cc(C)ccc2OC)nnc1C(C)Oc1cccc(OC)c1. The second-order valence-corrected chi connectivity index (χ2v) is 8.01. The van der Waals surface area contributed by atoms with Crippen LogP contribution >= 0.6 is 11.8 Å². The van der Waals surface area contributed by atoms with Crippen LogP contribution in [0.15, 0.2) is 47.6 Å². The topological polar surface area (TPSA) is 87.5 Å². The number of hydrogen-bond donors (Lipinski definition) is 1. The molecule has 3 aromatic rings. The molecule has 2 aromatic carbocycles. The number of nitrogens with one attached hydrogen (secondary N) is 1. The van der Waals surface area contributed by atoms with E-state index < -0.39 is 0 Å². The number of hydrogen-bond acceptors (Lipinski definition) is 7. The standard InChI is InChI=1S/C23H28N4O4S/c1-6-27-22(16(3)31-18-9-7-8-17(13-18)29-4)25-26-23(27)32-14-21(28)24-19-12-15(2)10-11-20(19)30-5/h7-13,16H,6,14H2,1-5H3,(H,24,28). The number of amides is 1. The molecule has 0 aliphatic rings. The third kappa shape index (κ3) is 5.73. The van der Waals surface area contributed by atoms with E-state index >= 15 is 0 Å². The smallest absolute Gasteiger partial charge is 0.234 e. The zero-order valence-corrected chi connectivity index (χ0v) is 19.7. The van der Waals surface area contributed by atoms with Gasteiger partial charge in [-0.1, -0.05) is 23.9 Å². The Kier molecular flexibility index (Phi) is 7.99. The second kappa shape index (κ2) is 10.9. The van der Waals surface area contributed by atoms with E-state index in [-0.39, 0.29) is 17.8 Å². The molecule has 0 aliphatic carbocycles. The normalized spacial score (nSPS) is 11.7. The van der Waals surface area contributed by atoms with E-state index in [2.05, 4.69) is 15.5 Å².